The van der Waals surface area contributed by atoms with Gasteiger partial charge < -0.3 is 0 Å². The van der Waals surface area contributed by atoms with Crippen molar-refractivity contribution in [2.45, 2.75) is 0 Å². The van der Waals surface area contributed by atoms with Gasteiger partial charge in [-0.1, -0.05) is 12.2 Å². The van der Waals surface area contributed by atoms with Gasteiger partial charge in [-0.3, -0.25) is 4.42 Å². The van der Waals surface area contributed by atoms with Crippen molar-refractivity contribution in [3.63, 3.8) is 0 Å². The van der Waals surface area contributed by atoms with E-state index in [2.05, 4.69) is 12.2 Å². The van der Waals surface area contributed by atoms with Crippen molar-refractivity contribution in [2.75, 3.05) is 7.05 Å². The molecule has 0 spiro atoms. The summed E-state index contributed by atoms with van der Waals surface area (Å²) in [5.41, 5.74) is 1.35. The molecule has 0 aliphatic heterocycles. The van der Waals surface area contributed by atoms with Gasteiger partial charge in [0.05, 0.1) is 5.49 Å². The predicted octanol–water partition coefficient (Wildman–Crippen LogP) is 1.03. The predicted molar refractivity (Wildman–Crippen MR) is 27.3 cm³/mol. The summed E-state index contributed by atoms with van der Waals surface area (Å²) < 4.78 is 1.29. The van der Waals surface area contributed by atoms with Crippen LogP contribution < -0.4 is 0 Å². The largest absolute Gasteiger partial charge is 0.285 e. The van der Waals surface area contributed by atoms with Crippen molar-refractivity contribution in [3.8, 4) is 0 Å². The van der Waals surface area contributed by atoms with Crippen LogP contribution in [0.25, 0.3) is 0 Å². The van der Waals surface area contributed by atoms with Gasteiger partial charge in [0.2, 0.25) is 0 Å². The maximum absolute atomic E-state index is 5.14. The van der Waals surface area contributed by atoms with Crippen molar-refractivity contribution < 1.29 is 0 Å². The summed E-state index contributed by atoms with van der Waals surface area (Å²) in [5.74, 6) is 0. The molecule has 0 aliphatic carbocycles. The lowest BCUT2D eigenvalue weighted by molar-refractivity contribution is 0.864. The highest BCUT2D eigenvalue weighted by Crippen LogP contribution is 1.76. The van der Waals surface area contributed by atoms with Gasteiger partial charge in [-0.05, 0) is 0 Å². The van der Waals surface area contributed by atoms with Crippen LogP contribution in [0, 0.1) is 0 Å². The van der Waals surface area contributed by atoms with Crippen LogP contribution in [0.2, 0.25) is 0 Å². The molecule has 0 aromatic heterocycles. The third kappa shape index (κ3) is 4.18. The Kier molecular flexibility index (Phi) is 2.51. The molecular weight excluding hydrogens is 106 g/mol. The molecule has 0 aliphatic rings. The zero-order valence-electron chi connectivity index (χ0n) is 2.81. The number of halogens is 1. The van der Waals surface area contributed by atoms with Crippen molar-refractivity contribution in [3.05, 3.63) is 0 Å². The second-order valence-electron chi connectivity index (χ2n) is 0.630. The molecule has 0 amide bonds. The minimum Gasteiger partial charge on any atom is -0.285 e. The summed E-state index contributed by atoms with van der Waals surface area (Å²) in [6, 6.07) is 0. The first kappa shape index (κ1) is 5.18. The smallest absolute Gasteiger partial charge is 0.0788 e. The molecule has 30 valence electrons. The molecule has 0 saturated heterocycles. The lowest BCUT2D eigenvalue weighted by Crippen LogP contribution is -1.95. The summed E-state index contributed by atoms with van der Waals surface area (Å²) in [5, 5.41) is 0. The molecule has 1 nitrogen and oxygen atoms in total. The van der Waals surface area contributed by atoms with Crippen LogP contribution in [0.4, 0.5) is 0 Å². The summed E-state index contributed by atoms with van der Waals surface area (Å²) in [6.45, 7) is 0. The van der Waals surface area contributed by atoms with E-state index >= 15 is 0 Å². The summed E-state index contributed by atoms with van der Waals surface area (Å²) in [4.78, 5) is 0. The van der Waals surface area contributed by atoms with Crippen molar-refractivity contribution in [1.82, 2.24) is 4.42 Å². The van der Waals surface area contributed by atoms with Crippen molar-refractivity contribution >= 4 is 29.5 Å². The van der Waals surface area contributed by atoms with Crippen LogP contribution in [-0.4, -0.2) is 17.0 Å². The average Bonchev–Trinajstić information content (AvgIpc) is 1.38. The van der Waals surface area contributed by atoms with Gasteiger partial charge in [-0.15, -0.1) is 0 Å². The van der Waals surface area contributed by atoms with Crippen LogP contribution in [0.3, 0.4) is 0 Å². The molecule has 0 unspecified atom stereocenters. The molecule has 0 aromatic carbocycles. The molecular formula is C2H4ClNS. The van der Waals surface area contributed by atoms with Gasteiger partial charge >= 0.3 is 0 Å². The van der Waals surface area contributed by atoms with Crippen LogP contribution in [0.1, 0.15) is 0 Å². The minimum absolute atomic E-state index is 1.29. The quantitative estimate of drug-likeness (QED) is 0.366. The zero-order chi connectivity index (χ0) is 4.28. The fourth-order valence-electron chi connectivity index (χ4n) is 0. The third-order valence-electron chi connectivity index (χ3n) is 0.145. The molecule has 0 aromatic rings. The summed E-state index contributed by atoms with van der Waals surface area (Å²) >= 11 is 9.48. The van der Waals surface area contributed by atoms with Gasteiger partial charge in [0.1, 0.15) is 0 Å². The fourth-order valence-corrected chi connectivity index (χ4v) is 0. The monoisotopic (exact) mass is 109 g/mol. The number of hydrogen-bond acceptors (Lipinski definition) is 1. The Hall–Kier alpha value is 0.180. The Labute approximate surface area is 41.6 Å². The van der Waals surface area contributed by atoms with Gasteiger partial charge in [-0.25, -0.2) is 0 Å². The van der Waals surface area contributed by atoms with Gasteiger partial charge in [-0.2, -0.15) is 0 Å². The normalized spacial score (nSPS) is 6.80. The SMILES string of the molecule is CN(Cl)C=S. The van der Waals surface area contributed by atoms with Crippen LogP contribution >= 0.6 is 24.0 Å². The van der Waals surface area contributed by atoms with E-state index in [0.717, 1.165) is 0 Å². The molecule has 0 saturated carbocycles. The molecule has 0 N–H and O–H groups in total. The maximum Gasteiger partial charge on any atom is 0.0788 e. The third-order valence-corrected chi connectivity index (χ3v) is 0.675. The number of thiocarbonyl (C=S) groups is 1. The Bertz CT molecular complexity index is 36.6. The molecule has 0 radical (unpaired) electrons. The number of hydrogen-bond donors (Lipinski definition) is 0. The molecule has 3 heteroatoms. The molecule has 0 atom stereocenters. The van der Waals surface area contributed by atoms with Gasteiger partial charge in [0.25, 0.3) is 0 Å². The molecule has 5 heavy (non-hydrogen) atoms. The Morgan fingerprint density at radius 3 is 2.20 bits per heavy atom. The zero-order valence-corrected chi connectivity index (χ0v) is 4.38. The van der Waals surface area contributed by atoms with Crippen molar-refractivity contribution in [2.24, 2.45) is 0 Å². The first-order chi connectivity index (χ1) is 2.27. The fraction of sp³-hybridized carbons (Fsp3) is 0.500. The van der Waals surface area contributed by atoms with Crippen LogP contribution in [-0.2, 0) is 0 Å². The van der Waals surface area contributed by atoms with Gasteiger partial charge in [0, 0.05) is 18.8 Å². The summed E-state index contributed by atoms with van der Waals surface area (Å²) in [7, 11) is 1.66. The van der Waals surface area contributed by atoms with Gasteiger partial charge in [0.15, 0.2) is 0 Å². The van der Waals surface area contributed by atoms with Crippen molar-refractivity contribution in [1.29, 1.82) is 0 Å². The van der Waals surface area contributed by atoms with E-state index in [4.69, 9.17) is 11.8 Å². The summed E-state index contributed by atoms with van der Waals surface area (Å²) in [6.07, 6.45) is 0. The van der Waals surface area contributed by atoms with E-state index in [-0.39, 0.29) is 0 Å². The minimum atomic E-state index is 1.29. The molecule has 0 heterocycles. The maximum atomic E-state index is 5.14. The standard InChI is InChI=1S/C2H4ClNS/c1-4(3)2-5/h2H,1H3. The highest BCUT2D eigenvalue weighted by molar-refractivity contribution is 7.78. The van der Waals surface area contributed by atoms with E-state index in [1.165, 1.54) is 9.91 Å². The number of nitrogens with zero attached hydrogens (tertiary/aromatic N) is 1. The highest BCUT2D eigenvalue weighted by atomic mass is 35.5. The first-order valence-corrected chi connectivity index (χ1v) is 1.92. The van der Waals surface area contributed by atoms with E-state index in [1.54, 1.807) is 7.05 Å². The highest BCUT2D eigenvalue weighted by Gasteiger charge is 1.68. The molecule has 0 fully saturated rings. The van der Waals surface area contributed by atoms with Crippen LogP contribution in [0.15, 0.2) is 0 Å². The molecule has 0 rings (SSSR count). The lowest BCUT2D eigenvalue weighted by atomic mass is 11.3. The van der Waals surface area contributed by atoms with Crippen LogP contribution in [0.5, 0.6) is 0 Å². The molecule has 0 bridgehead atoms. The number of rotatable bonds is 1. The Morgan fingerprint density at radius 1 is 2.00 bits per heavy atom. The second kappa shape index (κ2) is 2.42. The van der Waals surface area contributed by atoms with E-state index in [0.29, 0.717) is 0 Å². The Balaban J connectivity index is 2.83. The van der Waals surface area contributed by atoms with E-state index in [9.17, 15) is 0 Å². The topological polar surface area (TPSA) is 3.24 Å². The second-order valence-corrected chi connectivity index (χ2v) is 1.37. The first-order valence-electron chi connectivity index (χ1n) is 1.11. The van der Waals surface area contributed by atoms with E-state index < -0.39 is 0 Å². The lowest BCUT2D eigenvalue weighted by Gasteiger charge is -1.91. The van der Waals surface area contributed by atoms with E-state index in [1.807, 2.05) is 0 Å². The Morgan fingerprint density at radius 2 is 2.20 bits per heavy atom. The average molecular weight is 110 g/mol.